The Hall–Kier alpha value is -10.2. The summed E-state index contributed by atoms with van der Waals surface area (Å²) in [6.07, 6.45) is 13.7. The molecule has 0 saturated heterocycles. The van der Waals surface area contributed by atoms with Crippen LogP contribution in [0.15, 0.2) is 184 Å². The predicted octanol–water partition coefficient (Wildman–Crippen LogP) is 15.5. The number of hydrogen-bond donors (Lipinski definition) is 2. The van der Waals surface area contributed by atoms with Crippen molar-refractivity contribution in [3.05, 3.63) is 216 Å². The fourth-order valence-electron chi connectivity index (χ4n) is 8.51. The molecule has 0 bridgehead atoms. The number of carbonyl (C=O) groups is 8. The maximum absolute atomic E-state index is 12.8. The van der Waals surface area contributed by atoms with Crippen LogP contribution in [0, 0.1) is 0 Å². The fourth-order valence-corrected chi connectivity index (χ4v) is 8.95. The summed E-state index contributed by atoms with van der Waals surface area (Å²) in [5.74, 6) is -0.721. The summed E-state index contributed by atoms with van der Waals surface area (Å²) in [6, 6.07) is 35.6. The zero-order valence-corrected chi connectivity index (χ0v) is 55.3. The van der Waals surface area contributed by atoms with Crippen molar-refractivity contribution in [3.8, 4) is 34.5 Å². The van der Waals surface area contributed by atoms with Gasteiger partial charge in [-0.15, -0.1) is 0 Å². The molecule has 2 amide bonds. The van der Waals surface area contributed by atoms with Gasteiger partial charge in [0.15, 0.2) is 0 Å². The minimum absolute atomic E-state index is 0.189. The maximum Gasteiger partial charge on any atom is 0.343 e. The first kappa shape index (κ1) is 76.5. The van der Waals surface area contributed by atoms with E-state index in [-0.39, 0.29) is 45.6 Å². The van der Waals surface area contributed by atoms with Gasteiger partial charge in [-0.25, -0.2) is 28.8 Å². The van der Waals surface area contributed by atoms with Crippen molar-refractivity contribution in [1.82, 2.24) is 0 Å². The SMILES string of the molecule is C=CC(=O)OC(C)CCCOc1ccc(C(=O)Nc2ccc(OC(=O)c3ccc(OCCCC(C)OC(=O)C=C)cc3)cc2Cl)cc1.C=CC(=O)OCCCCCCOc1ccc(C(=O)Nc2ccc(OC(=O)c3ccc(OCCCCCCOC(=O)C=C)cc3)cc2Cl)cc1. The van der Waals surface area contributed by atoms with Crippen molar-refractivity contribution >= 4 is 82.2 Å². The Kier molecular flexibility index (Phi) is 34.2. The van der Waals surface area contributed by atoms with Crippen LogP contribution in [0.1, 0.15) is 132 Å². The molecule has 0 fully saturated rings. The van der Waals surface area contributed by atoms with E-state index in [9.17, 15) is 38.4 Å². The van der Waals surface area contributed by atoms with Crippen LogP contribution >= 0.6 is 23.2 Å². The van der Waals surface area contributed by atoms with E-state index in [1.165, 1.54) is 18.2 Å². The summed E-state index contributed by atoms with van der Waals surface area (Å²) in [4.78, 5) is 95.4. The lowest BCUT2D eigenvalue weighted by molar-refractivity contribution is -0.143. The van der Waals surface area contributed by atoms with Gasteiger partial charge in [-0.05, 0) is 212 Å². The first-order valence-electron chi connectivity index (χ1n) is 31.2. The Morgan fingerprint density at radius 1 is 0.365 bits per heavy atom. The molecule has 2 atom stereocenters. The number of benzene rings is 6. The zero-order chi connectivity index (χ0) is 69.5. The first-order valence-corrected chi connectivity index (χ1v) is 31.9. The van der Waals surface area contributed by atoms with Crippen molar-refractivity contribution in [2.45, 2.75) is 103 Å². The van der Waals surface area contributed by atoms with Crippen molar-refractivity contribution in [2.24, 2.45) is 0 Å². The normalized spacial score (nSPS) is 11.0. The van der Waals surface area contributed by atoms with Gasteiger partial charge in [0, 0.05) is 47.6 Å². The highest BCUT2D eigenvalue weighted by Gasteiger charge is 2.17. The summed E-state index contributed by atoms with van der Waals surface area (Å²) in [6.45, 7) is 19.7. The minimum atomic E-state index is -0.588. The van der Waals surface area contributed by atoms with Crippen molar-refractivity contribution in [1.29, 1.82) is 0 Å². The lowest BCUT2D eigenvalue weighted by Crippen LogP contribution is -2.14. The summed E-state index contributed by atoms with van der Waals surface area (Å²) in [7, 11) is 0. The van der Waals surface area contributed by atoms with Gasteiger partial charge in [0.25, 0.3) is 11.8 Å². The van der Waals surface area contributed by atoms with Gasteiger partial charge in [0.05, 0.1) is 84.4 Å². The number of carbonyl (C=O) groups excluding carboxylic acids is 8. The molecule has 0 saturated carbocycles. The third-order valence-electron chi connectivity index (χ3n) is 13.7. The highest BCUT2D eigenvalue weighted by atomic mass is 35.5. The van der Waals surface area contributed by atoms with Gasteiger partial charge in [-0.1, -0.05) is 49.5 Å². The molecule has 2 unspecified atom stereocenters. The fraction of sp³-hybridized carbons (Fsp3) is 0.297. The molecule has 6 aromatic rings. The summed E-state index contributed by atoms with van der Waals surface area (Å²) in [5, 5.41) is 5.91. The molecule has 22 heteroatoms. The lowest BCUT2D eigenvalue weighted by Gasteiger charge is -2.13. The van der Waals surface area contributed by atoms with Crippen LogP contribution in [0.25, 0.3) is 0 Å². The number of ether oxygens (including phenoxy) is 10. The van der Waals surface area contributed by atoms with E-state index in [1.54, 1.807) is 129 Å². The van der Waals surface area contributed by atoms with Gasteiger partial charge in [0.1, 0.15) is 34.5 Å². The quantitative estimate of drug-likeness (QED) is 0.0119. The standard InChI is InChI=1S/C38H42ClNO9.C36H38ClNO9/c1-3-35(41)47-25-11-7-5-9-23-45-30-17-13-28(14-18-30)37(43)40-34-22-21-32(27-33(34)39)49-38(44)29-15-19-31(20-16-29)46-24-10-6-8-12-26-48-36(42)4-2;1-5-33(39)45-24(3)9-7-21-43-28-15-11-26(12-16-28)35(41)38-32-20-19-30(23-31(32)37)47-36(42)27-13-17-29(18-14-27)44-22-8-10-25(4)46-34(40)6-2/h3-4,13-22,27H,1-2,5-12,23-26H2,(H,40,43);5-6,11-20,23-25H,1-2,7-10,21-22H2,3-4H3,(H,38,41). The average molecular weight is 1360 g/mol. The van der Waals surface area contributed by atoms with Gasteiger partial charge >= 0.3 is 35.8 Å². The molecular weight excluding hydrogens is 1280 g/mol. The van der Waals surface area contributed by atoms with Crippen molar-refractivity contribution < 1.29 is 85.7 Å². The monoisotopic (exact) mass is 1350 g/mol. The summed E-state index contributed by atoms with van der Waals surface area (Å²) < 4.78 is 53.9. The Labute approximate surface area is 569 Å². The second-order valence-corrected chi connectivity index (χ2v) is 22.0. The molecule has 0 spiro atoms. The lowest BCUT2D eigenvalue weighted by atomic mass is 10.2. The summed E-state index contributed by atoms with van der Waals surface area (Å²) >= 11 is 12.8. The third kappa shape index (κ3) is 29.4. The molecule has 508 valence electrons. The van der Waals surface area contributed by atoms with Gasteiger partial charge in [0.2, 0.25) is 0 Å². The van der Waals surface area contributed by atoms with Gasteiger partial charge in [-0.2, -0.15) is 0 Å². The van der Waals surface area contributed by atoms with E-state index in [0.29, 0.717) is 122 Å². The zero-order valence-electron chi connectivity index (χ0n) is 53.8. The predicted molar refractivity (Wildman–Crippen MR) is 366 cm³/mol. The van der Waals surface area contributed by atoms with Crippen LogP contribution in [0.5, 0.6) is 34.5 Å². The molecule has 6 rings (SSSR count). The number of halogens is 2. The van der Waals surface area contributed by atoms with Crippen LogP contribution in [0.2, 0.25) is 10.0 Å². The van der Waals surface area contributed by atoms with E-state index in [2.05, 4.69) is 36.9 Å². The number of esters is 6. The van der Waals surface area contributed by atoms with E-state index >= 15 is 0 Å². The summed E-state index contributed by atoms with van der Waals surface area (Å²) in [5.41, 5.74) is 2.17. The molecule has 0 aromatic heterocycles. The third-order valence-corrected chi connectivity index (χ3v) is 14.3. The number of anilines is 2. The smallest absolute Gasteiger partial charge is 0.343 e. The number of nitrogens with one attached hydrogen (secondary N) is 2. The molecule has 6 aromatic carbocycles. The molecule has 2 N–H and O–H groups in total. The molecule has 0 aliphatic rings. The van der Waals surface area contributed by atoms with E-state index < -0.39 is 35.8 Å². The van der Waals surface area contributed by atoms with Crippen LogP contribution in [0.3, 0.4) is 0 Å². The van der Waals surface area contributed by atoms with E-state index in [1.807, 2.05) is 0 Å². The molecule has 0 aliphatic heterocycles. The second kappa shape index (κ2) is 42.9. The van der Waals surface area contributed by atoms with Gasteiger partial charge < -0.3 is 58.0 Å². The average Bonchev–Trinajstić information content (AvgIpc) is 0.881. The van der Waals surface area contributed by atoms with E-state index in [4.69, 9.17) is 70.6 Å². The molecule has 96 heavy (non-hydrogen) atoms. The highest BCUT2D eigenvalue weighted by Crippen LogP contribution is 2.30. The molecule has 0 radical (unpaired) electrons. The number of unbranched alkanes of at least 4 members (excludes halogenated alkanes) is 6. The van der Waals surface area contributed by atoms with Gasteiger partial charge in [-0.3, -0.25) is 9.59 Å². The second-order valence-electron chi connectivity index (χ2n) is 21.2. The van der Waals surface area contributed by atoms with Crippen molar-refractivity contribution in [2.75, 3.05) is 50.3 Å². The number of rotatable bonds is 40. The van der Waals surface area contributed by atoms with E-state index in [0.717, 1.165) is 75.7 Å². The van der Waals surface area contributed by atoms with Crippen LogP contribution in [-0.2, 0) is 38.1 Å². The topological polar surface area (TPSA) is 253 Å². The van der Waals surface area contributed by atoms with Crippen LogP contribution in [0.4, 0.5) is 11.4 Å². The van der Waals surface area contributed by atoms with Crippen LogP contribution < -0.4 is 39.1 Å². The largest absolute Gasteiger partial charge is 0.494 e. The molecule has 0 heterocycles. The van der Waals surface area contributed by atoms with Crippen molar-refractivity contribution in [3.63, 3.8) is 0 Å². The highest BCUT2D eigenvalue weighted by molar-refractivity contribution is 6.34. The minimum Gasteiger partial charge on any atom is -0.494 e. The Bertz CT molecular complexity index is 3540. The number of amides is 2. The first-order chi connectivity index (χ1) is 46.4. The maximum atomic E-state index is 12.8. The molecular formula is C74H80Cl2N2O18. The molecule has 0 aliphatic carbocycles. The Morgan fingerprint density at radius 3 is 0.948 bits per heavy atom. The Morgan fingerprint density at radius 2 is 0.646 bits per heavy atom. The Balaban J connectivity index is 0.000000348. The van der Waals surface area contributed by atoms with Crippen LogP contribution in [-0.4, -0.2) is 99.5 Å². The molecule has 20 nitrogen and oxygen atoms in total. The number of hydrogen-bond acceptors (Lipinski definition) is 18.